The van der Waals surface area contributed by atoms with Gasteiger partial charge in [0, 0.05) is 6.04 Å². The van der Waals surface area contributed by atoms with E-state index in [1.54, 1.807) is 0 Å². The predicted molar refractivity (Wildman–Crippen MR) is 58.9 cm³/mol. The highest BCUT2D eigenvalue weighted by Gasteiger charge is 2.17. The van der Waals surface area contributed by atoms with E-state index in [2.05, 4.69) is 26.1 Å². The number of rotatable bonds is 4. The van der Waals surface area contributed by atoms with Crippen molar-refractivity contribution in [2.75, 3.05) is 6.54 Å². The molecule has 1 rings (SSSR count). The van der Waals surface area contributed by atoms with Gasteiger partial charge >= 0.3 is 0 Å². The van der Waals surface area contributed by atoms with Crippen LogP contribution in [-0.2, 0) is 0 Å². The van der Waals surface area contributed by atoms with Crippen LogP contribution in [0.2, 0.25) is 0 Å². The van der Waals surface area contributed by atoms with Gasteiger partial charge in [0.2, 0.25) is 0 Å². The average Bonchev–Trinajstić information content (AvgIpc) is 2.16. The van der Waals surface area contributed by atoms with Crippen LogP contribution in [0.1, 0.15) is 52.9 Å². The molecule has 0 bridgehead atoms. The molecule has 1 fully saturated rings. The summed E-state index contributed by atoms with van der Waals surface area (Å²) in [5.41, 5.74) is 0. The molecule has 1 saturated carbocycles. The van der Waals surface area contributed by atoms with Crippen molar-refractivity contribution in [1.29, 1.82) is 0 Å². The molecule has 1 heteroatoms. The minimum Gasteiger partial charge on any atom is -0.314 e. The highest BCUT2D eigenvalue weighted by atomic mass is 14.9. The van der Waals surface area contributed by atoms with E-state index in [1.165, 1.54) is 38.6 Å². The molecule has 0 radical (unpaired) electrons. The van der Waals surface area contributed by atoms with E-state index >= 15 is 0 Å². The Balaban J connectivity index is 2.08. The Morgan fingerprint density at radius 1 is 1.23 bits per heavy atom. The van der Waals surface area contributed by atoms with Crippen LogP contribution in [0, 0.1) is 11.8 Å². The van der Waals surface area contributed by atoms with Crippen LogP contribution in [0.3, 0.4) is 0 Å². The van der Waals surface area contributed by atoms with E-state index in [4.69, 9.17) is 0 Å². The summed E-state index contributed by atoms with van der Waals surface area (Å²) in [4.78, 5) is 0. The van der Waals surface area contributed by atoms with E-state index in [9.17, 15) is 0 Å². The third kappa shape index (κ3) is 4.12. The first-order valence-electron chi connectivity index (χ1n) is 5.95. The molecule has 0 aromatic heterocycles. The van der Waals surface area contributed by atoms with Crippen LogP contribution in [-0.4, -0.2) is 12.6 Å². The molecule has 0 aromatic carbocycles. The topological polar surface area (TPSA) is 12.0 Å². The molecule has 78 valence electrons. The second-order valence-electron chi connectivity index (χ2n) is 4.84. The number of hydrogen-bond donors (Lipinski definition) is 1. The van der Waals surface area contributed by atoms with E-state index in [0.29, 0.717) is 6.04 Å². The molecule has 1 nitrogen and oxygen atoms in total. The second-order valence-corrected chi connectivity index (χ2v) is 4.84. The van der Waals surface area contributed by atoms with Gasteiger partial charge in [-0.1, -0.05) is 26.7 Å². The van der Waals surface area contributed by atoms with E-state index < -0.39 is 0 Å². The molecule has 0 amide bonds. The van der Waals surface area contributed by atoms with Crippen molar-refractivity contribution in [3.8, 4) is 0 Å². The van der Waals surface area contributed by atoms with E-state index in [-0.39, 0.29) is 0 Å². The van der Waals surface area contributed by atoms with Crippen LogP contribution >= 0.6 is 0 Å². The summed E-state index contributed by atoms with van der Waals surface area (Å²) < 4.78 is 0. The van der Waals surface area contributed by atoms with Crippen LogP contribution in [0.25, 0.3) is 0 Å². The van der Waals surface area contributed by atoms with Crippen molar-refractivity contribution < 1.29 is 0 Å². The third-order valence-electron chi connectivity index (χ3n) is 3.50. The van der Waals surface area contributed by atoms with Gasteiger partial charge in [0.05, 0.1) is 0 Å². The van der Waals surface area contributed by atoms with Gasteiger partial charge in [0.15, 0.2) is 0 Å². The Morgan fingerprint density at radius 2 is 1.85 bits per heavy atom. The standard InChI is InChI=1S/C12H25N/c1-4-11(3)13-9-12-7-5-10(2)6-8-12/h10-13H,4-9H2,1-3H3. The fourth-order valence-electron chi connectivity index (χ4n) is 2.05. The summed E-state index contributed by atoms with van der Waals surface area (Å²) in [5.74, 6) is 1.95. The Kier molecular flexibility index (Phi) is 4.79. The zero-order valence-corrected chi connectivity index (χ0v) is 9.47. The van der Waals surface area contributed by atoms with Crippen molar-refractivity contribution in [3.05, 3.63) is 0 Å². The SMILES string of the molecule is CCC(C)NCC1CCC(C)CC1. The maximum Gasteiger partial charge on any atom is 0.00362 e. The Morgan fingerprint density at radius 3 is 2.38 bits per heavy atom. The second kappa shape index (κ2) is 5.64. The smallest absolute Gasteiger partial charge is 0.00362 e. The van der Waals surface area contributed by atoms with Gasteiger partial charge in [-0.05, 0) is 44.6 Å². The normalized spacial score (nSPS) is 31.6. The van der Waals surface area contributed by atoms with Crippen molar-refractivity contribution in [3.63, 3.8) is 0 Å². The van der Waals surface area contributed by atoms with Gasteiger partial charge in [0.1, 0.15) is 0 Å². The highest BCUT2D eigenvalue weighted by molar-refractivity contribution is 4.72. The average molecular weight is 183 g/mol. The zero-order chi connectivity index (χ0) is 9.68. The fourth-order valence-corrected chi connectivity index (χ4v) is 2.05. The third-order valence-corrected chi connectivity index (χ3v) is 3.50. The van der Waals surface area contributed by atoms with Crippen LogP contribution in [0.5, 0.6) is 0 Å². The molecule has 1 unspecified atom stereocenters. The summed E-state index contributed by atoms with van der Waals surface area (Å²) >= 11 is 0. The van der Waals surface area contributed by atoms with Crippen molar-refractivity contribution >= 4 is 0 Å². The van der Waals surface area contributed by atoms with Gasteiger partial charge in [-0.15, -0.1) is 0 Å². The molecule has 0 saturated heterocycles. The lowest BCUT2D eigenvalue weighted by atomic mass is 9.83. The van der Waals surface area contributed by atoms with Gasteiger partial charge in [0.25, 0.3) is 0 Å². The van der Waals surface area contributed by atoms with Gasteiger partial charge in [-0.2, -0.15) is 0 Å². The molecule has 1 aliphatic rings. The van der Waals surface area contributed by atoms with Gasteiger partial charge in [-0.25, -0.2) is 0 Å². The lowest BCUT2D eigenvalue weighted by molar-refractivity contribution is 0.275. The van der Waals surface area contributed by atoms with Gasteiger partial charge < -0.3 is 5.32 Å². The summed E-state index contributed by atoms with van der Waals surface area (Å²) in [5, 5.41) is 3.62. The monoisotopic (exact) mass is 183 g/mol. The Labute approximate surface area is 83.3 Å². The maximum absolute atomic E-state index is 3.62. The van der Waals surface area contributed by atoms with Crippen LogP contribution in [0.15, 0.2) is 0 Å². The lowest BCUT2D eigenvalue weighted by Gasteiger charge is -2.27. The Hall–Kier alpha value is -0.0400. The zero-order valence-electron chi connectivity index (χ0n) is 9.47. The molecule has 0 aliphatic heterocycles. The maximum atomic E-state index is 3.62. The Bertz CT molecular complexity index is 125. The molecule has 0 aromatic rings. The summed E-state index contributed by atoms with van der Waals surface area (Å²) in [6, 6.07) is 0.708. The molecule has 1 N–H and O–H groups in total. The van der Waals surface area contributed by atoms with Crippen molar-refractivity contribution in [1.82, 2.24) is 5.32 Å². The molecule has 1 aliphatic carbocycles. The van der Waals surface area contributed by atoms with E-state index in [0.717, 1.165) is 11.8 Å². The fraction of sp³-hybridized carbons (Fsp3) is 1.00. The minimum absolute atomic E-state index is 0.708. The first-order valence-corrected chi connectivity index (χ1v) is 5.95. The van der Waals surface area contributed by atoms with Crippen LogP contribution in [0.4, 0.5) is 0 Å². The quantitative estimate of drug-likeness (QED) is 0.706. The summed E-state index contributed by atoms with van der Waals surface area (Å²) in [7, 11) is 0. The highest BCUT2D eigenvalue weighted by Crippen LogP contribution is 2.27. The van der Waals surface area contributed by atoms with Gasteiger partial charge in [-0.3, -0.25) is 0 Å². The number of hydrogen-bond acceptors (Lipinski definition) is 1. The molecule has 0 spiro atoms. The first kappa shape index (κ1) is 11.0. The molecular formula is C12H25N. The first-order chi connectivity index (χ1) is 6.22. The molecule has 0 heterocycles. The summed E-state index contributed by atoms with van der Waals surface area (Å²) in [6.07, 6.45) is 7.05. The van der Waals surface area contributed by atoms with Crippen molar-refractivity contribution in [2.45, 2.75) is 58.9 Å². The predicted octanol–water partition coefficient (Wildman–Crippen LogP) is 3.20. The lowest BCUT2D eigenvalue weighted by Crippen LogP contribution is -2.32. The molecular weight excluding hydrogens is 158 g/mol. The van der Waals surface area contributed by atoms with E-state index in [1.807, 2.05) is 0 Å². The summed E-state index contributed by atoms with van der Waals surface area (Å²) in [6.45, 7) is 8.17. The number of nitrogens with one attached hydrogen (secondary N) is 1. The molecule has 1 atom stereocenters. The largest absolute Gasteiger partial charge is 0.314 e. The van der Waals surface area contributed by atoms with Crippen LogP contribution < -0.4 is 5.32 Å². The minimum atomic E-state index is 0.708. The molecule has 13 heavy (non-hydrogen) atoms. The van der Waals surface area contributed by atoms with Crippen molar-refractivity contribution in [2.24, 2.45) is 11.8 Å².